The van der Waals surface area contributed by atoms with Crippen LogP contribution in [-0.2, 0) is 4.74 Å². The number of aromatic nitrogens is 2. The number of anilines is 1. The standard InChI is InChI=1S/C10H17N3O2/c1-8-7-9(13-10(11-2)12-8)15-6-4-5-14-3/h7H,4-6H2,1-3H3,(H,11,12,13). The van der Waals surface area contributed by atoms with E-state index in [1.807, 2.05) is 13.0 Å². The predicted molar refractivity (Wildman–Crippen MR) is 58.3 cm³/mol. The molecule has 0 saturated carbocycles. The molecule has 0 fully saturated rings. The van der Waals surface area contributed by atoms with Gasteiger partial charge in [-0.25, -0.2) is 4.98 Å². The molecule has 1 rings (SSSR count). The molecule has 0 atom stereocenters. The Hall–Kier alpha value is -1.36. The molecule has 0 aliphatic rings. The van der Waals surface area contributed by atoms with E-state index in [2.05, 4.69) is 15.3 Å². The number of aryl methyl sites for hydroxylation is 1. The number of methoxy groups -OCH3 is 1. The quantitative estimate of drug-likeness (QED) is 0.717. The highest BCUT2D eigenvalue weighted by atomic mass is 16.5. The number of rotatable bonds is 6. The lowest BCUT2D eigenvalue weighted by Gasteiger charge is -2.07. The van der Waals surface area contributed by atoms with Crippen molar-refractivity contribution >= 4 is 5.95 Å². The minimum Gasteiger partial charge on any atom is -0.477 e. The molecule has 0 aromatic carbocycles. The van der Waals surface area contributed by atoms with Gasteiger partial charge in [0.25, 0.3) is 0 Å². The molecular formula is C10H17N3O2. The van der Waals surface area contributed by atoms with Crippen molar-refractivity contribution in [3.05, 3.63) is 11.8 Å². The van der Waals surface area contributed by atoms with Gasteiger partial charge >= 0.3 is 0 Å². The van der Waals surface area contributed by atoms with Gasteiger partial charge in [0.2, 0.25) is 11.8 Å². The highest BCUT2D eigenvalue weighted by molar-refractivity contribution is 5.29. The van der Waals surface area contributed by atoms with Crippen LogP contribution in [0.15, 0.2) is 6.07 Å². The molecule has 5 nitrogen and oxygen atoms in total. The minimum atomic E-state index is 0.580. The first kappa shape index (κ1) is 11.7. The largest absolute Gasteiger partial charge is 0.477 e. The van der Waals surface area contributed by atoms with Crippen LogP contribution >= 0.6 is 0 Å². The zero-order valence-electron chi connectivity index (χ0n) is 9.41. The average Bonchev–Trinajstić information content (AvgIpc) is 2.23. The van der Waals surface area contributed by atoms with Gasteiger partial charge in [0, 0.05) is 38.9 Å². The Kier molecular flexibility index (Phi) is 4.83. The fourth-order valence-electron chi connectivity index (χ4n) is 1.11. The molecule has 0 bridgehead atoms. The Bertz CT molecular complexity index is 305. The summed E-state index contributed by atoms with van der Waals surface area (Å²) < 4.78 is 10.4. The van der Waals surface area contributed by atoms with E-state index in [0.29, 0.717) is 25.0 Å². The smallest absolute Gasteiger partial charge is 0.225 e. The lowest BCUT2D eigenvalue weighted by Crippen LogP contribution is -2.05. The van der Waals surface area contributed by atoms with Crippen molar-refractivity contribution in [1.82, 2.24) is 9.97 Å². The van der Waals surface area contributed by atoms with Crippen LogP contribution in [0.1, 0.15) is 12.1 Å². The molecular weight excluding hydrogens is 194 g/mol. The van der Waals surface area contributed by atoms with Gasteiger partial charge in [0.05, 0.1) is 6.61 Å². The van der Waals surface area contributed by atoms with Crippen LogP contribution in [0.3, 0.4) is 0 Å². The topological polar surface area (TPSA) is 56.3 Å². The van der Waals surface area contributed by atoms with Crippen LogP contribution in [0.2, 0.25) is 0 Å². The fraction of sp³-hybridized carbons (Fsp3) is 0.600. The van der Waals surface area contributed by atoms with Crippen molar-refractivity contribution in [3.63, 3.8) is 0 Å². The van der Waals surface area contributed by atoms with Gasteiger partial charge in [-0.05, 0) is 6.92 Å². The summed E-state index contributed by atoms with van der Waals surface area (Å²) in [5.41, 5.74) is 0.885. The molecule has 0 aliphatic heterocycles. The van der Waals surface area contributed by atoms with E-state index >= 15 is 0 Å². The molecule has 0 amide bonds. The first-order valence-corrected chi connectivity index (χ1v) is 4.91. The molecule has 0 spiro atoms. The number of ether oxygens (including phenoxy) is 2. The summed E-state index contributed by atoms with van der Waals surface area (Å²) in [6, 6.07) is 1.81. The fourth-order valence-corrected chi connectivity index (χ4v) is 1.11. The zero-order valence-corrected chi connectivity index (χ0v) is 9.41. The summed E-state index contributed by atoms with van der Waals surface area (Å²) >= 11 is 0. The lowest BCUT2D eigenvalue weighted by molar-refractivity contribution is 0.170. The molecule has 15 heavy (non-hydrogen) atoms. The number of nitrogens with zero attached hydrogens (tertiary/aromatic N) is 2. The van der Waals surface area contributed by atoms with Crippen molar-refractivity contribution in [2.75, 3.05) is 32.7 Å². The molecule has 0 saturated heterocycles. The maximum atomic E-state index is 5.46. The molecule has 1 heterocycles. The molecule has 1 N–H and O–H groups in total. The Morgan fingerprint density at radius 2 is 2.13 bits per heavy atom. The number of hydrogen-bond donors (Lipinski definition) is 1. The maximum absolute atomic E-state index is 5.46. The Balaban J connectivity index is 2.49. The monoisotopic (exact) mass is 211 g/mol. The van der Waals surface area contributed by atoms with Crippen LogP contribution < -0.4 is 10.1 Å². The Morgan fingerprint density at radius 1 is 1.33 bits per heavy atom. The molecule has 1 aromatic rings. The van der Waals surface area contributed by atoms with Gasteiger partial charge in [0.1, 0.15) is 0 Å². The maximum Gasteiger partial charge on any atom is 0.225 e. The average molecular weight is 211 g/mol. The van der Waals surface area contributed by atoms with E-state index in [1.54, 1.807) is 14.2 Å². The summed E-state index contributed by atoms with van der Waals surface area (Å²) in [5, 5.41) is 2.88. The molecule has 84 valence electrons. The van der Waals surface area contributed by atoms with Crippen molar-refractivity contribution < 1.29 is 9.47 Å². The third kappa shape index (κ3) is 4.12. The second-order valence-corrected chi connectivity index (χ2v) is 3.12. The Morgan fingerprint density at radius 3 is 2.80 bits per heavy atom. The van der Waals surface area contributed by atoms with Crippen molar-refractivity contribution in [2.24, 2.45) is 0 Å². The van der Waals surface area contributed by atoms with E-state index in [0.717, 1.165) is 12.1 Å². The van der Waals surface area contributed by atoms with E-state index in [9.17, 15) is 0 Å². The van der Waals surface area contributed by atoms with Crippen LogP contribution in [0, 0.1) is 6.92 Å². The first-order valence-electron chi connectivity index (χ1n) is 4.91. The van der Waals surface area contributed by atoms with E-state index in [-0.39, 0.29) is 0 Å². The summed E-state index contributed by atoms with van der Waals surface area (Å²) in [6.45, 7) is 3.21. The second kappa shape index (κ2) is 6.19. The molecule has 0 aliphatic carbocycles. The van der Waals surface area contributed by atoms with E-state index < -0.39 is 0 Å². The molecule has 1 aromatic heterocycles. The molecule has 0 unspecified atom stereocenters. The first-order chi connectivity index (χ1) is 7.26. The van der Waals surface area contributed by atoms with Gasteiger partial charge < -0.3 is 14.8 Å². The normalized spacial score (nSPS) is 10.1. The van der Waals surface area contributed by atoms with E-state index in [1.165, 1.54) is 0 Å². The number of hydrogen-bond acceptors (Lipinski definition) is 5. The minimum absolute atomic E-state index is 0.580. The van der Waals surface area contributed by atoms with Crippen molar-refractivity contribution in [2.45, 2.75) is 13.3 Å². The molecule has 0 radical (unpaired) electrons. The SMILES string of the molecule is CNc1nc(C)cc(OCCCOC)n1. The van der Waals surface area contributed by atoms with Crippen molar-refractivity contribution in [1.29, 1.82) is 0 Å². The van der Waals surface area contributed by atoms with Crippen molar-refractivity contribution in [3.8, 4) is 5.88 Å². The van der Waals surface area contributed by atoms with Gasteiger partial charge in [-0.2, -0.15) is 4.98 Å². The third-order valence-electron chi connectivity index (χ3n) is 1.80. The highest BCUT2D eigenvalue weighted by Gasteiger charge is 2.01. The van der Waals surface area contributed by atoms with Crippen LogP contribution in [0.25, 0.3) is 0 Å². The van der Waals surface area contributed by atoms with E-state index in [4.69, 9.17) is 9.47 Å². The third-order valence-corrected chi connectivity index (χ3v) is 1.80. The molecule has 5 heteroatoms. The van der Waals surface area contributed by atoms with Gasteiger partial charge in [0.15, 0.2) is 0 Å². The van der Waals surface area contributed by atoms with Crippen LogP contribution in [0.5, 0.6) is 5.88 Å². The predicted octanol–water partition coefficient (Wildman–Crippen LogP) is 1.24. The summed E-state index contributed by atoms with van der Waals surface area (Å²) in [7, 11) is 3.46. The summed E-state index contributed by atoms with van der Waals surface area (Å²) in [6.07, 6.45) is 0.856. The summed E-state index contributed by atoms with van der Waals surface area (Å²) in [4.78, 5) is 8.33. The summed E-state index contributed by atoms with van der Waals surface area (Å²) in [5.74, 6) is 1.18. The van der Waals surface area contributed by atoms with Gasteiger partial charge in [-0.3, -0.25) is 0 Å². The van der Waals surface area contributed by atoms with Gasteiger partial charge in [-0.1, -0.05) is 0 Å². The second-order valence-electron chi connectivity index (χ2n) is 3.12. The van der Waals surface area contributed by atoms with Crippen LogP contribution in [-0.4, -0.2) is 37.3 Å². The number of nitrogens with one attached hydrogen (secondary N) is 1. The zero-order chi connectivity index (χ0) is 11.1. The Labute approximate surface area is 89.8 Å². The highest BCUT2D eigenvalue weighted by Crippen LogP contribution is 2.11. The van der Waals surface area contributed by atoms with Crippen LogP contribution in [0.4, 0.5) is 5.95 Å². The van der Waals surface area contributed by atoms with Gasteiger partial charge in [-0.15, -0.1) is 0 Å². The lowest BCUT2D eigenvalue weighted by atomic mass is 10.4.